The average Bonchev–Trinajstić information content (AvgIpc) is 2.57. The molecule has 0 saturated carbocycles. The van der Waals surface area contributed by atoms with Gasteiger partial charge in [-0.05, 0) is 31.1 Å². The van der Waals surface area contributed by atoms with Crippen LogP contribution in [-0.4, -0.2) is 88.8 Å². The van der Waals surface area contributed by atoms with Gasteiger partial charge in [-0.2, -0.15) is 0 Å². The molecule has 7 heteroatoms. The smallest absolute Gasteiger partial charge is 0.407 e. The van der Waals surface area contributed by atoms with Crippen LogP contribution in [-0.2, 0) is 9.53 Å². The van der Waals surface area contributed by atoms with E-state index in [1.807, 2.05) is 0 Å². The molecule has 3 aliphatic heterocycles. The van der Waals surface area contributed by atoms with Crippen LogP contribution in [0.3, 0.4) is 0 Å². The van der Waals surface area contributed by atoms with Gasteiger partial charge in [0.05, 0.1) is 25.3 Å². The first-order valence-corrected chi connectivity index (χ1v) is 10.3. The highest BCUT2D eigenvalue weighted by molar-refractivity contribution is 5.73. The lowest BCUT2D eigenvalue weighted by atomic mass is 9.87. The van der Waals surface area contributed by atoms with Crippen molar-refractivity contribution in [1.29, 1.82) is 0 Å². The largest absolute Gasteiger partial charge is 0.465 e. The second-order valence-electron chi connectivity index (χ2n) is 9.63. The summed E-state index contributed by atoms with van der Waals surface area (Å²) in [4.78, 5) is 29.9. The van der Waals surface area contributed by atoms with E-state index >= 15 is 0 Å². The molecule has 3 heterocycles. The van der Waals surface area contributed by atoms with E-state index in [4.69, 9.17) is 4.74 Å². The number of rotatable bonds is 3. The number of carbonyl (C=O) groups is 2. The zero-order valence-corrected chi connectivity index (χ0v) is 17.2. The van der Waals surface area contributed by atoms with Gasteiger partial charge in [-0.3, -0.25) is 9.69 Å². The van der Waals surface area contributed by atoms with Gasteiger partial charge in [0.15, 0.2) is 0 Å². The van der Waals surface area contributed by atoms with Crippen molar-refractivity contribution >= 4 is 12.0 Å². The van der Waals surface area contributed by atoms with Gasteiger partial charge in [0.25, 0.3) is 0 Å². The molecule has 3 rings (SSSR count). The molecule has 3 saturated heterocycles. The molecule has 0 aromatic carbocycles. The number of amides is 2. The topological polar surface area (TPSA) is 73.3 Å². The van der Waals surface area contributed by atoms with Crippen molar-refractivity contribution in [1.82, 2.24) is 14.7 Å². The van der Waals surface area contributed by atoms with E-state index in [-0.39, 0.29) is 23.4 Å². The number of hydrogen-bond donors (Lipinski definition) is 1. The third-order valence-electron chi connectivity index (χ3n) is 6.22. The van der Waals surface area contributed by atoms with E-state index in [0.717, 1.165) is 45.3 Å². The number of likely N-dealkylation sites (tertiary alicyclic amines) is 1. The molecule has 0 aromatic heterocycles. The van der Waals surface area contributed by atoms with E-state index in [0.29, 0.717) is 25.3 Å². The summed E-state index contributed by atoms with van der Waals surface area (Å²) < 4.78 is 5.61. The van der Waals surface area contributed by atoms with Crippen molar-refractivity contribution in [3.63, 3.8) is 0 Å². The minimum Gasteiger partial charge on any atom is -0.465 e. The molecule has 0 aliphatic carbocycles. The summed E-state index contributed by atoms with van der Waals surface area (Å²) in [5, 5.41) is 9.50. The van der Waals surface area contributed by atoms with Crippen LogP contribution in [0, 0.1) is 5.41 Å². The molecule has 2 atom stereocenters. The standard InChI is InChI=1S/C20H35N3O4/c1-14(24)22(13-20(2,3)4)15-5-7-21(8-6-15)16-9-17-11-27-12-18(10-16)23(17)19(25)26/h15-18H,5-13H2,1-4H3,(H,25,26). The fourth-order valence-electron chi connectivity index (χ4n) is 5.07. The molecule has 27 heavy (non-hydrogen) atoms. The van der Waals surface area contributed by atoms with Gasteiger partial charge >= 0.3 is 6.09 Å². The van der Waals surface area contributed by atoms with Crippen LogP contribution in [0.2, 0.25) is 0 Å². The normalized spacial score (nSPS) is 30.2. The Morgan fingerprint density at radius 2 is 1.63 bits per heavy atom. The second kappa shape index (κ2) is 7.95. The molecule has 7 nitrogen and oxygen atoms in total. The predicted octanol–water partition coefficient (Wildman–Crippen LogP) is 2.26. The number of fused-ring (bicyclic) bond motifs is 2. The number of carboxylic acid groups (broad SMARTS) is 1. The van der Waals surface area contributed by atoms with Crippen LogP contribution in [0.1, 0.15) is 53.4 Å². The Bertz CT molecular complexity index is 540. The first-order chi connectivity index (χ1) is 12.7. The zero-order chi connectivity index (χ0) is 19.8. The lowest BCUT2D eigenvalue weighted by molar-refractivity contribution is -0.134. The van der Waals surface area contributed by atoms with Gasteiger partial charge in [0.2, 0.25) is 5.91 Å². The number of morpholine rings is 1. The Balaban J connectivity index is 1.58. The maximum atomic E-state index is 12.2. The number of hydrogen-bond acceptors (Lipinski definition) is 4. The third kappa shape index (κ3) is 4.74. The summed E-state index contributed by atoms with van der Waals surface area (Å²) >= 11 is 0. The maximum Gasteiger partial charge on any atom is 0.407 e. The molecule has 2 amide bonds. The molecule has 3 aliphatic rings. The fraction of sp³-hybridized carbons (Fsp3) is 0.900. The first kappa shape index (κ1) is 20.4. The number of piperidine rings is 2. The fourth-order valence-corrected chi connectivity index (χ4v) is 5.07. The molecule has 0 spiro atoms. The van der Waals surface area contributed by atoms with Gasteiger partial charge in [-0.15, -0.1) is 0 Å². The summed E-state index contributed by atoms with van der Waals surface area (Å²) in [5.74, 6) is 0.171. The minimum absolute atomic E-state index is 0.0210. The van der Waals surface area contributed by atoms with Gasteiger partial charge in [0.1, 0.15) is 0 Å². The highest BCUT2D eigenvalue weighted by atomic mass is 16.5. The quantitative estimate of drug-likeness (QED) is 0.812. The molecule has 0 aromatic rings. The molecular formula is C20H35N3O4. The molecule has 0 radical (unpaired) electrons. The summed E-state index contributed by atoms with van der Waals surface area (Å²) in [7, 11) is 0. The lowest BCUT2D eigenvalue weighted by Crippen LogP contribution is -2.63. The van der Waals surface area contributed by atoms with E-state index < -0.39 is 6.09 Å². The molecule has 154 valence electrons. The summed E-state index contributed by atoms with van der Waals surface area (Å²) in [6, 6.07) is 0.702. The first-order valence-electron chi connectivity index (χ1n) is 10.3. The van der Waals surface area contributed by atoms with Crippen molar-refractivity contribution in [2.24, 2.45) is 5.41 Å². The molecule has 2 unspecified atom stereocenters. The van der Waals surface area contributed by atoms with Gasteiger partial charge in [-0.1, -0.05) is 20.8 Å². The Morgan fingerprint density at radius 3 is 2.07 bits per heavy atom. The van der Waals surface area contributed by atoms with Crippen LogP contribution in [0.15, 0.2) is 0 Å². The van der Waals surface area contributed by atoms with Gasteiger partial charge in [0, 0.05) is 38.6 Å². The van der Waals surface area contributed by atoms with Gasteiger partial charge in [-0.25, -0.2) is 4.79 Å². The van der Waals surface area contributed by atoms with Crippen LogP contribution in [0.5, 0.6) is 0 Å². The summed E-state index contributed by atoms with van der Waals surface area (Å²) in [6.45, 7) is 12.0. The number of carbonyl (C=O) groups excluding carboxylic acids is 1. The van der Waals surface area contributed by atoms with Crippen molar-refractivity contribution in [3.05, 3.63) is 0 Å². The minimum atomic E-state index is -0.815. The maximum absolute atomic E-state index is 12.2. The molecule has 3 fully saturated rings. The predicted molar refractivity (Wildman–Crippen MR) is 103 cm³/mol. The number of ether oxygens (including phenoxy) is 1. The lowest BCUT2D eigenvalue weighted by Gasteiger charge is -2.51. The molecular weight excluding hydrogens is 346 g/mol. The van der Waals surface area contributed by atoms with Crippen molar-refractivity contribution in [3.8, 4) is 0 Å². The average molecular weight is 382 g/mol. The molecule has 2 bridgehead atoms. The monoisotopic (exact) mass is 381 g/mol. The van der Waals surface area contributed by atoms with E-state index in [1.165, 1.54) is 0 Å². The van der Waals surface area contributed by atoms with Crippen LogP contribution < -0.4 is 0 Å². The highest BCUT2D eigenvalue weighted by Crippen LogP contribution is 2.32. The van der Waals surface area contributed by atoms with Crippen molar-refractivity contribution in [2.75, 3.05) is 32.8 Å². The SMILES string of the molecule is CC(=O)N(CC(C)(C)C)C1CCN(C2CC3COCC(C2)N3C(=O)O)CC1. The van der Waals surface area contributed by atoms with Crippen LogP contribution in [0.25, 0.3) is 0 Å². The van der Waals surface area contributed by atoms with Crippen LogP contribution >= 0.6 is 0 Å². The Morgan fingerprint density at radius 1 is 1.07 bits per heavy atom. The summed E-state index contributed by atoms with van der Waals surface area (Å²) in [5.41, 5.74) is 0.101. The Kier molecular flexibility index (Phi) is 6.01. The Hall–Kier alpha value is -1.34. The summed E-state index contributed by atoms with van der Waals surface area (Å²) in [6.07, 6.45) is 2.89. The highest BCUT2D eigenvalue weighted by Gasteiger charge is 2.44. The van der Waals surface area contributed by atoms with E-state index in [2.05, 4.69) is 30.6 Å². The second-order valence-corrected chi connectivity index (χ2v) is 9.63. The number of nitrogens with zero attached hydrogens (tertiary/aromatic N) is 3. The molecule has 1 N–H and O–H groups in total. The van der Waals surface area contributed by atoms with Crippen molar-refractivity contribution in [2.45, 2.75) is 77.5 Å². The van der Waals surface area contributed by atoms with E-state index in [9.17, 15) is 14.7 Å². The Labute approximate surface area is 162 Å². The van der Waals surface area contributed by atoms with Gasteiger partial charge < -0.3 is 19.6 Å². The van der Waals surface area contributed by atoms with Crippen LogP contribution in [0.4, 0.5) is 4.79 Å². The third-order valence-corrected chi connectivity index (χ3v) is 6.22. The van der Waals surface area contributed by atoms with Crippen molar-refractivity contribution < 1.29 is 19.4 Å². The zero-order valence-electron chi connectivity index (χ0n) is 17.2. The van der Waals surface area contributed by atoms with E-state index in [1.54, 1.807) is 11.8 Å².